The highest BCUT2D eigenvalue weighted by Gasteiger charge is 2.39. The molecule has 0 unspecified atom stereocenters. The molecular weight excluding hydrogens is 420 g/mol. The van der Waals surface area contributed by atoms with Crippen LogP contribution in [0.25, 0.3) is 0 Å². The molecule has 0 bridgehead atoms. The van der Waals surface area contributed by atoms with Gasteiger partial charge in [-0.05, 0) is 50.7 Å². The van der Waals surface area contributed by atoms with Gasteiger partial charge in [-0.2, -0.15) is 8.42 Å². The number of fused-ring (bicyclic) bond motifs is 2. The monoisotopic (exact) mass is 444 g/mol. The van der Waals surface area contributed by atoms with Gasteiger partial charge in [0.05, 0.1) is 5.69 Å². The minimum atomic E-state index is -3.70. The minimum absolute atomic E-state index is 0.140. The summed E-state index contributed by atoms with van der Waals surface area (Å²) >= 11 is 1.58. The van der Waals surface area contributed by atoms with Crippen molar-refractivity contribution in [2.75, 3.05) is 11.9 Å². The number of sulfonamides is 1. The third kappa shape index (κ3) is 3.54. The zero-order valence-corrected chi connectivity index (χ0v) is 18.3. The maximum absolute atomic E-state index is 13.1. The number of rotatable bonds is 2. The number of aromatic nitrogens is 1. The zero-order valence-electron chi connectivity index (χ0n) is 16.6. The summed E-state index contributed by atoms with van der Waals surface area (Å²) in [6, 6.07) is 6.37. The van der Waals surface area contributed by atoms with Crippen LogP contribution < -0.4 is 5.32 Å². The Morgan fingerprint density at radius 2 is 1.90 bits per heavy atom. The Labute approximate surface area is 180 Å². The van der Waals surface area contributed by atoms with Gasteiger partial charge in [-0.15, -0.1) is 15.7 Å². The molecule has 1 aromatic heterocycles. The molecule has 9 heteroatoms. The minimum Gasteiger partial charge on any atom is -0.343 e. The number of anilines is 1. The van der Waals surface area contributed by atoms with Crippen LogP contribution in [0.1, 0.15) is 54.7 Å². The molecule has 5 rings (SSSR count). The van der Waals surface area contributed by atoms with Crippen LogP contribution in [0.4, 0.5) is 5.13 Å². The number of carbonyl (C=O) groups is 1. The van der Waals surface area contributed by atoms with Crippen molar-refractivity contribution in [3.8, 4) is 0 Å². The summed E-state index contributed by atoms with van der Waals surface area (Å²) in [5.74, 6) is 0.244. The van der Waals surface area contributed by atoms with Crippen LogP contribution in [0.5, 0.6) is 0 Å². The molecule has 1 atom stereocenters. The fraction of sp³-hybridized carbons (Fsp3) is 0.476. The SMILES string of the molecule is O=C(Nc1nc2c(s1)CCCCCC2)[C@@H]1CCCN1C1=NS(=O)(=O)c2ccccc21. The van der Waals surface area contributed by atoms with Crippen molar-refractivity contribution in [3.05, 3.63) is 40.4 Å². The molecule has 1 fully saturated rings. The Morgan fingerprint density at radius 3 is 2.77 bits per heavy atom. The number of aryl methyl sites for hydroxylation is 2. The van der Waals surface area contributed by atoms with E-state index in [-0.39, 0.29) is 10.8 Å². The van der Waals surface area contributed by atoms with Gasteiger partial charge in [-0.3, -0.25) is 4.79 Å². The largest absolute Gasteiger partial charge is 0.343 e. The Hall–Kier alpha value is -2.26. The molecule has 0 radical (unpaired) electrons. The fourth-order valence-electron chi connectivity index (χ4n) is 4.54. The fourth-order valence-corrected chi connectivity index (χ4v) is 6.81. The van der Waals surface area contributed by atoms with Gasteiger partial charge >= 0.3 is 0 Å². The zero-order chi connectivity index (χ0) is 20.7. The highest BCUT2D eigenvalue weighted by atomic mass is 32.2. The summed E-state index contributed by atoms with van der Waals surface area (Å²) in [5.41, 5.74) is 1.70. The Kier molecular flexibility index (Phi) is 5.10. The van der Waals surface area contributed by atoms with Gasteiger partial charge in [0.1, 0.15) is 10.9 Å². The lowest BCUT2D eigenvalue weighted by atomic mass is 10.0. The van der Waals surface area contributed by atoms with Crippen LogP contribution in [0, 0.1) is 0 Å². The highest BCUT2D eigenvalue weighted by Crippen LogP contribution is 2.32. The van der Waals surface area contributed by atoms with E-state index in [1.807, 2.05) is 4.90 Å². The Morgan fingerprint density at radius 1 is 1.10 bits per heavy atom. The van der Waals surface area contributed by atoms with E-state index in [0.717, 1.165) is 31.4 Å². The highest BCUT2D eigenvalue weighted by molar-refractivity contribution is 7.90. The van der Waals surface area contributed by atoms with E-state index in [1.54, 1.807) is 35.6 Å². The maximum Gasteiger partial charge on any atom is 0.285 e. The number of thiazole rings is 1. The molecule has 3 heterocycles. The summed E-state index contributed by atoms with van der Waals surface area (Å²) in [6.07, 6.45) is 8.30. The lowest BCUT2D eigenvalue weighted by molar-refractivity contribution is -0.119. The molecule has 2 aromatic rings. The van der Waals surface area contributed by atoms with E-state index < -0.39 is 16.1 Å². The van der Waals surface area contributed by atoms with Gasteiger partial charge in [-0.25, -0.2) is 4.98 Å². The molecule has 1 aliphatic carbocycles. The van der Waals surface area contributed by atoms with Gasteiger partial charge in [-0.1, -0.05) is 25.0 Å². The van der Waals surface area contributed by atoms with Crippen molar-refractivity contribution in [3.63, 3.8) is 0 Å². The van der Waals surface area contributed by atoms with Gasteiger partial charge in [0, 0.05) is 17.0 Å². The van der Waals surface area contributed by atoms with E-state index in [1.165, 1.54) is 24.1 Å². The average Bonchev–Trinajstić information content (AvgIpc) is 3.39. The Bertz CT molecular complexity index is 1100. The molecule has 30 heavy (non-hydrogen) atoms. The van der Waals surface area contributed by atoms with E-state index >= 15 is 0 Å². The summed E-state index contributed by atoms with van der Waals surface area (Å²) in [4.78, 5) is 21.1. The molecule has 0 spiro atoms. The third-order valence-electron chi connectivity index (χ3n) is 6.02. The number of likely N-dealkylation sites (tertiary alicyclic amines) is 1. The van der Waals surface area contributed by atoms with Crippen LogP contribution in [-0.2, 0) is 27.7 Å². The van der Waals surface area contributed by atoms with Crippen molar-refractivity contribution in [1.29, 1.82) is 0 Å². The quantitative estimate of drug-likeness (QED) is 0.767. The predicted molar refractivity (Wildman–Crippen MR) is 117 cm³/mol. The van der Waals surface area contributed by atoms with Crippen LogP contribution in [0.2, 0.25) is 0 Å². The van der Waals surface area contributed by atoms with Gasteiger partial charge in [0.25, 0.3) is 10.0 Å². The number of hydrogen-bond acceptors (Lipinski definition) is 6. The number of carbonyl (C=O) groups excluding carboxylic acids is 1. The molecule has 7 nitrogen and oxygen atoms in total. The summed E-state index contributed by atoms with van der Waals surface area (Å²) in [7, 11) is -3.70. The van der Waals surface area contributed by atoms with Gasteiger partial charge in [0.15, 0.2) is 11.0 Å². The number of amidine groups is 1. The number of nitrogens with one attached hydrogen (secondary N) is 1. The van der Waals surface area contributed by atoms with Crippen LogP contribution in [-0.4, -0.2) is 42.6 Å². The molecule has 1 saturated heterocycles. The molecule has 0 saturated carbocycles. The number of amides is 1. The molecule has 1 amide bonds. The average molecular weight is 445 g/mol. The van der Waals surface area contributed by atoms with Crippen molar-refractivity contribution >= 4 is 38.2 Å². The number of nitrogens with zero attached hydrogens (tertiary/aromatic N) is 3. The Balaban J connectivity index is 1.37. The second-order valence-electron chi connectivity index (χ2n) is 8.03. The van der Waals surface area contributed by atoms with Crippen LogP contribution in [0.3, 0.4) is 0 Å². The maximum atomic E-state index is 13.1. The summed E-state index contributed by atoms with van der Waals surface area (Å²) in [6.45, 7) is 0.606. The molecule has 158 valence electrons. The summed E-state index contributed by atoms with van der Waals surface area (Å²) < 4.78 is 28.9. The van der Waals surface area contributed by atoms with Crippen molar-refractivity contribution in [2.24, 2.45) is 4.40 Å². The molecule has 2 aliphatic heterocycles. The second-order valence-corrected chi connectivity index (χ2v) is 10.7. The van der Waals surface area contributed by atoms with Gasteiger partial charge in [0.2, 0.25) is 5.91 Å². The van der Waals surface area contributed by atoms with Crippen LogP contribution >= 0.6 is 11.3 Å². The first-order chi connectivity index (χ1) is 14.5. The van der Waals surface area contributed by atoms with Crippen molar-refractivity contribution in [2.45, 2.75) is 62.3 Å². The lowest BCUT2D eigenvalue weighted by Crippen LogP contribution is -2.43. The van der Waals surface area contributed by atoms with E-state index in [9.17, 15) is 13.2 Å². The molecule has 3 aliphatic rings. The van der Waals surface area contributed by atoms with Crippen LogP contribution in [0.15, 0.2) is 33.6 Å². The van der Waals surface area contributed by atoms with Crippen molar-refractivity contribution in [1.82, 2.24) is 9.88 Å². The third-order valence-corrected chi connectivity index (χ3v) is 8.41. The molecular formula is C21H24N4O3S2. The van der Waals surface area contributed by atoms with E-state index in [0.29, 0.717) is 29.5 Å². The second kappa shape index (κ2) is 7.77. The number of hydrogen-bond donors (Lipinski definition) is 1. The van der Waals surface area contributed by atoms with E-state index in [4.69, 9.17) is 0 Å². The predicted octanol–water partition coefficient (Wildman–Crippen LogP) is 3.35. The summed E-state index contributed by atoms with van der Waals surface area (Å²) in [5, 5.41) is 3.66. The van der Waals surface area contributed by atoms with Gasteiger partial charge < -0.3 is 10.2 Å². The standard InChI is InChI=1S/C21H24N4O3S2/c26-20(23-21-22-15-9-3-1-2-4-11-17(15)29-21)16-10-7-13-25(16)19-14-8-5-6-12-18(14)30(27,28)24-19/h5-6,8,12,16H,1-4,7,9-11,13H2,(H,22,23,26)/t16-/m0/s1. The topological polar surface area (TPSA) is 91.7 Å². The lowest BCUT2D eigenvalue weighted by Gasteiger charge is -2.25. The normalized spacial score (nSPS) is 22.6. The first kappa shape index (κ1) is 19.7. The molecule has 1 N–H and O–H groups in total. The molecule has 1 aromatic carbocycles. The van der Waals surface area contributed by atoms with E-state index in [2.05, 4.69) is 14.7 Å². The first-order valence-corrected chi connectivity index (χ1v) is 12.8. The first-order valence-electron chi connectivity index (χ1n) is 10.5. The smallest absolute Gasteiger partial charge is 0.285 e. The number of benzene rings is 1. The van der Waals surface area contributed by atoms with Crippen molar-refractivity contribution < 1.29 is 13.2 Å².